The summed E-state index contributed by atoms with van der Waals surface area (Å²) < 4.78 is 32.7. The monoisotopic (exact) mass is 328 g/mol. The molecular weight excluding hydrogens is 318 g/mol. The van der Waals surface area contributed by atoms with Crippen LogP contribution in [0.2, 0.25) is 0 Å². The van der Waals surface area contributed by atoms with E-state index in [1.165, 1.54) is 7.11 Å². The van der Waals surface area contributed by atoms with E-state index in [-0.39, 0.29) is 10.0 Å². The summed E-state index contributed by atoms with van der Waals surface area (Å²) in [6.45, 7) is 0. The van der Waals surface area contributed by atoms with Crippen molar-refractivity contribution in [2.24, 2.45) is 0 Å². The first kappa shape index (κ1) is 14.0. The standard InChI is InChI=1S/C14H11BrF2O2/c1-19-10-4-2-8(3-5-10)14(18)13-11(16)6-9(15)7-12(13)17/h2-7,14,18H,1H3. The lowest BCUT2D eigenvalue weighted by Crippen LogP contribution is -2.06. The molecule has 0 fully saturated rings. The van der Waals surface area contributed by atoms with Crippen LogP contribution < -0.4 is 4.74 Å². The molecule has 0 saturated heterocycles. The number of aliphatic hydroxyl groups is 1. The Balaban J connectivity index is 2.40. The van der Waals surface area contributed by atoms with Crippen LogP contribution in [0.4, 0.5) is 8.78 Å². The zero-order valence-electron chi connectivity index (χ0n) is 10.0. The molecule has 0 amide bonds. The molecule has 0 saturated carbocycles. The van der Waals surface area contributed by atoms with E-state index in [1.54, 1.807) is 24.3 Å². The Hall–Kier alpha value is -1.46. The van der Waals surface area contributed by atoms with Gasteiger partial charge in [0, 0.05) is 4.47 Å². The number of hydrogen-bond acceptors (Lipinski definition) is 2. The second kappa shape index (κ2) is 5.67. The SMILES string of the molecule is COc1ccc(C(O)c2c(F)cc(Br)cc2F)cc1. The molecule has 1 atom stereocenters. The van der Waals surface area contributed by atoms with Crippen molar-refractivity contribution in [1.29, 1.82) is 0 Å². The zero-order valence-corrected chi connectivity index (χ0v) is 11.6. The van der Waals surface area contributed by atoms with Crippen molar-refractivity contribution < 1.29 is 18.6 Å². The van der Waals surface area contributed by atoms with Crippen molar-refractivity contribution >= 4 is 15.9 Å². The van der Waals surface area contributed by atoms with Crippen molar-refractivity contribution in [2.75, 3.05) is 7.11 Å². The molecule has 2 aromatic carbocycles. The minimum absolute atomic E-state index is 0.285. The van der Waals surface area contributed by atoms with Crippen LogP contribution in [0.15, 0.2) is 40.9 Å². The second-order valence-corrected chi connectivity index (χ2v) is 4.87. The molecule has 1 unspecified atom stereocenters. The molecule has 5 heteroatoms. The first-order valence-electron chi connectivity index (χ1n) is 5.49. The van der Waals surface area contributed by atoms with Gasteiger partial charge in [0.15, 0.2) is 0 Å². The van der Waals surface area contributed by atoms with E-state index in [0.29, 0.717) is 11.3 Å². The van der Waals surface area contributed by atoms with Gasteiger partial charge in [0.25, 0.3) is 0 Å². The maximum absolute atomic E-state index is 13.7. The van der Waals surface area contributed by atoms with Gasteiger partial charge in [0.1, 0.15) is 23.5 Å². The second-order valence-electron chi connectivity index (χ2n) is 3.96. The van der Waals surface area contributed by atoms with E-state index in [4.69, 9.17) is 4.74 Å². The molecule has 0 heterocycles. The van der Waals surface area contributed by atoms with Crippen molar-refractivity contribution in [3.05, 3.63) is 63.6 Å². The van der Waals surface area contributed by atoms with E-state index >= 15 is 0 Å². The summed E-state index contributed by atoms with van der Waals surface area (Å²) >= 11 is 2.99. The number of ether oxygens (including phenoxy) is 1. The quantitative estimate of drug-likeness (QED) is 0.928. The summed E-state index contributed by atoms with van der Waals surface area (Å²) in [4.78, 5) is 0. The summed E-state index contributed by atoms with van der Waals surface area (Å²) in [6.07, 6.45) is -1.36. The normalized spacial score (nSPS) is 12.3. The Labute approximate surface area is 117 Å². The molecule has 0 radical (unpaired) electrons. The molecule has 19 heavy (non-hydrogen) atoms. The van der Waals surface area contributed by atoms with E-state index in [2.05, 4.69) is 15.9 Å². The molecule has 0 aliphatic heterocycles. The van der Waals surface area contributed by atoms with Crippen molar-refractivity contribution in [3.63, 3.8) is 0 Å². The highest BCUT2D eigenvalue weighted by Gasteiger charge is 2.20. The van der Waals surface area contributed by atoms with Crippen molar-refractivity contribution in [3.8, 4) is 5.75 Å². The molecule has 0 aliphatic rings. The lowest BCUT2D eigenvalue weighted by molar-refractivity contribution is 0.209. The average Bonchev–Trinajstić information content (AvgIpc) is 2.37. The van der Waals surface area contributed by atoms with Gasteiger partial charge >= 0.3 is 0 Å². The highest BCUT2D eigenvalue weighted by molar-refractivity contribution is 9.10. The fourth-order valence-corrected chi connectivity index (χ4v) is 2.17. The maximum atomic E-state index is 13.7. The molecular formula is C14H11BrF2O2. The number of halogens is 3. The van der Waals surface area contributed by atoms with Crippen LogP contribution in [0.1, 0.15) is 17.2 Å². The smallest absolute Gasteiger partial charge is 0.133 e. The highest BCUT2D eigenvalue weighted by Crippen LogP contribution is 2.30. The number of aliphatic hydroxyl groups excluding tert-OH is 1. The predicted molar refractivity (Wildman–Crippen MR) is 71.1 cm³/mol. The summed E-state index contributed by atoms with van der Waals surface area (Å²) in [5.74, 6) is -0.988. The lowest BCUT2D eigenvalue weighted by Gasteiger charge is -2.14. The van der Waals surface area contributed by atoms with Crippen LogP contribution in [0, 0.1) is 11.6 Å². The first-order valence-corrected chi connectivity index (χ1v) is 6.28. The largest absolute Gasteiger partial charge is 0.497 e. The predicted octanol–water partition coefficient (Wildman–Crippen LogP) is 3.82. The number of hydrogen-bond donors (Lipinski definition) is 1. The van der Waals surface area contributed by atoms with Crippen LogP contribution in [0.3, 0.4) is 0 Å². The van der Waals surface area contributed by atoms with Gasteiger partial charge < -0.3 is 9.84 Å². The molecule has 0 aromatic heterocycles. The number of benzene rings is 2. The summed E-state index contributed by atoms with van der Waals surface area (Å²) in [6, 6.07) is 8.59. The molecule has 0 aliphatic carbocycles. The van der Waals surface area contributed by atoms with E-state index < -0.39 is 17.7 Å². The molecule has 100 valence electrons. The summed E-state index contributed by atoms with van der Waals surface area (Å²) in [5, 5.41) is 10.1. The summed E-state index contributed by atoms with van der Waals surface area (Å²) in [7, 11) is 1.51. The van der Waals surface area contributed by atoms with Crippen molar-refractivity contribution in [2.45, 2.75) is 6.10 Å². The molecule has 0 spiro atoms. The average molecular weight is 329 g/mol. The van der Waals surface area contributed by atoms with E-state index in [1.807, 2.05) is 0 Å². The Morgan fingerprint density at radius 2 is 1.63 bits per heavy atom. The van der Waals surface area contributed by atoms with Gasteiger partial charge in [-0.25, -0.2) is 8.78 Å². The van der Waals surface area contributed by atoms with Crippen LogP contribution in [-0.4, -0.2) is 12.2 Å². The van der Waals surface area contributed by atoms with Gasteiger partial charge in [-0.1, -0.05) is 28.1 Å². The fraction of sp³-hybridized carbons (Fsp3) is 0.143. The van der Waals surface area contributed by atoms with Gasteiger partial charge in [-0.2, -0.15) is 0 Å². The van der Waals surface area contributed by atoms with Gasteiger partial charge in [-0.15, -0.1) is 0 Å². The third-order valence-electron chi connectivity index (χ3n) is 2.75. The Morgan fingerprint density at radius 1 is 1.11 bits per heavy atom. The number of rotatable bonds is 3. The Morgan fingerprint density at radius 3 is 2.11 bits per heavy atom. The molecule has 2 rings (SSSR count). The third-order valence-corrected chi connectivity index (χ3v) is 3.21. The number of methoxy groups -OCH3 is 1. The van der Waals surface area contributed by atoms with Gasteiger partial charge in [-0.05, 0) is 29.8 Å². The van der Waals surface area contributed by atoms with Gasteiger partial charge in [0.05, 0.1) is 12.7 Å². The third kappa shape index (κ3) is 2.93. The minimum atomic E-state index is -1.36. The summed E-state index contributed by atoms with van der Waals surface area (Å²) in [5.41, 5.74) is 0.0225. The maximum Gasteiger partial charge on any atom is 0.133 e. The lowest BCUT2D eigenvalue weighted by atomic mass is 10.0. The van der Waals surface area contributed by atoms with Crippen LogP contribution in [0.25, 0.3) is 0 Å². The molecule has 2 nitrogen and oxygen atoms in total. The molecule has 1 N–H and O–H groups in total. The van der Waals surface area contributed by atoms with Crippen LogP contribution in [-0.2, 0) is 0 Å². The van der Waals surface area contributed by atoms with Gasteiger partial charge in [0.2, 0.25) is 0 Å². The zero-order chi connectivity index (χ0) is 14.0. The molecule has 2 aromatic rings. The van der Waals surface area contributed by atoms with E-state index in [9.17, 15) is 13.9 Å². The first-order chi connectivity index (χ1) is 9.02. The van der Waals surface area contributed by atoms with Crippen LogP contribution >= 0.6 is 15.9 Å². The Kier molecular flexibility index (Phi) is 4.17. The highest BCUT2D eigenvalue weighted by atomic mass is 79.9. The fourth-order valence-electron chi connectivity index (χ4n) is 1.77. The Bertz CT molecular complexity index is 561. The van der Waals surface area contributed by atoms with Crippen LogP contribution in [0.5, 0.6) is 5.75 Å². The minimum Gasteiger partial charge on any atom is -0.497 e. The molecule has 0 bridgehead atoms. The van der Waals surface area contributed by atoms with Gasteiger partial charge in [-0.3, -0.25) is 0 Å². The van der Waals surface area contributed by atoms with Crippen molar-refractivity contribution in [1.82, 2.24) is 0 Å². The van der Waals surface area contributed by atoms with E-state index in [0.717, 1.165) is 12.1 Å². The topological polar surface area (TPSA) is 29.5 Å².